The van der Waals surface area contributed by atoms with Crippen molar-refractivity contribution >= 4 is 21.6 Å². The molecule has 0 aromatic heterocycles. The van der Waals surface area contributed by atoms with Gasteiger partial charge in [-0.1, -0.05) is 44.2 Å². The standard InChI is InChI=1S/C20H24N2O3S/c1-3-10-26(24,25)21-13-14(2)15-4-6-16(7-5-15)17-8-9-19-18(11-17)12-20(23)22-19/h4-9,11,14,21H,3,10,12-13H2,1-2H3,(H,22,23). The minimum atomic E-state index is -3.18. The van der Waals surface area contributed by atoms with Gasteiger partial charge < -0.3 is 5.32 Å². The van der Waals surface area contributed by atoms with Gasteiger partial charge in [-0.2, -0.15) is 0 Å². The Bertz CT molecular complexity index is 905. The van der Waals surface area contributed by atoms with Gasteiger partial charge in [0.1, 0.15) is 0 Å². The molecule has 1 heterocycles. The van der Waals surface area contributed by atoms with Gasteiger partial charge in [0.25, 0.3) is 0 Å². The smallest absolute Gasteiger partial charge is 0.228 e. The van der Waals surface area contributed by atoms with Crippen molar-refractivity contribution in [1.82, 2.24) is 4.72 Å². The van der Waals surface area contributed by atoms with Crippen LogP contribution in [0.4, 0.5) is 5.69 Å². The van der Waals surface area contributed by atoms with E-state index in [-0.39, 0.29) is 17.6 Å². The molecule has 1 aliphatic rings. The molecule has 26 heavy (non-hydrogen) atoms. The number of anilines is 1. The van der Waals surface area contributed by atoms with Gasteiger partial charge >= 0.3 is 0 Å². The number of benzene rings is 2. The van der Waals surface area contributed by atoms with Crippen LogP contribution in [0.15, 0.2) is 42.5 Å². The fourth-order valence-corrected chi connectivity index (χ4v) is 4.31. The van der Waals surface area contributed by atoms with Gasteiger partial charge in [-0.15, -0.1) is 0 Å². The molecule has 0 aliphatic carbocycles. The molecule has 6 heteroatoms. The van der Waals surface area contributed by atoms with Crippen LogP contribution in [0.25, 0.3) is 11.1 Å². The van der Waals surface area contributed by atoms with Crippen LogP contribution in [0.2, 0.25) is 0 Å². The van der Waals surface area contributed by atoms with Gasteiger partial charge in [-0.05, 0) is 46.7 Å². The quantitative estimate of drug-likeness (QED) is 0.783. The first-order valence-corrected chi connectivity index (χ1v) is 10.5. The average Bonchev–Trinajstić information content (AvgIpc) is 2.99. The normalized spacial score (nSPS) is 14.8. The topological polar surface area (TPSA) is 75.3 Å². The van der Waals surface area contributed by atoms with Crippen LogP contribution in [-0.4, -0.2) is 26.6 Å². The number of sulfonamides is 1. The summed E-state index contributed by atoms with van der Waals surface area (Å²) in [6.45, 7) is 4.26. The van der Waals surface area contributed by atoms with E-state index in [0.717, 1.165) is 27.9 Å². The van der Waals surface area contributed by atoms with Crippen LogP contribution >= 0.6 is 0 Å². The van der Waals surface area contributed by atoms with Crippen molar-refractivity contribution in [1.29, 1.82) is 0 Å². The van der Waals surface area contributed by atoms with Gasteiger partial charge in [0.2, 0.25) is 15.9 Å². The highest BCUT2D eigenvalue weighted by Crippen LogP contribution is 2.29. The van der Waals surface area contributed by atoms with Gasteiger partial charge in [0.15, 0.2) is 0 Å². The van der Waals surface area contributed by atoms with E-state index in [9.17, 15) is 13.2 Å². The maximum Gasteiger partial charge on any atom is 0.228 e. The Balaban J connectivity index is 1.69. The van der Waals surface area contributed by atoms with Gasteiger partial charge in [-0.25, -0.2) is 13.1 Å². The highest BCUT2D eigenvalue weighted by molar-refractivity contribution is 7.89. The van der Waals surface area contributed by atoms with E-state index >= 15 is 0 Å². The molecule has 2 aromatic rings. The lowest BCUT2D eigenvalue weighted by Crippen LogP contribution is -2.29. The Labute approximate surface area is 154 Å². The molecular formula is C20H24N2O3S. The number of nitrogens with one attached hydrogen (secondary N) is 2. The van der Waals surface area contributed by atoms with Crippen LogP contribution < -0.4 is 10.0 Å². The van der Waals surface area contributed by atoms with E-state index in [2.05, 4.69) is 10.0 Å². The third-order valence-electron chi connectivity index (χ3n) is 4.63. The molecule has 138 valence electrons. The Morgan fingerprint density at radius 1 is 1.12 bits per heavy atom. The van der Waals surface area contributed by atoms with Crippen molar-refractivity contribution in [2.45, 2.75) is 32.6 Å². The van der Waals surface area contributed by atoms with Crippen molar-refractivity contribution in [2.75, 3.05) is 17.6 Å². The molecule has 1 atom stereocenters. The number of amides is 1. The van der Waals surface area contributed by atoms with E-state index in [1.165, 1.54) is 0 Å². The van der Waals surface area contributed by atoms with Crippen LogP contribution in [-0.2, 0) is 21.2 Å². The highest BCUT2D eigenvalue weighted by atomic mass is 32.2. The minimum absolute atomic E-state index is 0.0341. The third-order valence-corrected chi connectivity index (χ3v) is 6.18. The average molecular weight is 372 g/mol. The van der Waals surface area contributed by atoms with E-state index in [4.69, 9.17) is 0 Å². The number of hydrogen-bond acceptors (Lipinski definition) is 3. The summed E-state index contributed by atoms with van der Waals surface area (Å²) in [7, 11) is -3.18. The van der Waals surface area contributed by atoms with Crippen LogP contribution in [0, 0.1) is 0 Å². The summed E-state index contributed by atoms with van der Waals surface area (Å²) in [5.41, 5.74) is 5.15. The van der Waals surface area contributed by atoms with Crippen molar-refractivity contribution in [3.05, 3.63) is 53.6 Å². The van der Waals surface area contributed by atoms with Gasteiger partial charge in [0, 0.05) is 12.2 Å². The van der Waals surface area contributed by atoms with Crippen LogP contribution in [0.3, 0.4) is 0 Å². The van der Waals surface area contributed by atoms with Crippen LogP contribution in [0.1, 0.15) is 37.3 Å². The molecule has 0 spiro atoms. The minimum Gasteiger partial charge on any atom is -0.326 e. The van der Waals surface area contributed by atoms with Gasteiger partial charge in [0.05, 0.1) is 12.2 Å². The molecule has 0 saturated carbocycles. The summed E-state index contributed by atoms with van der Waals surface area (Å²) in [4.78, 5) is 11.5. The van der Waals surface area contributed by atoms with E-state index in [1.54, 1.807) is 0 Å². The van der Waals surface area contributed by atoms with E-state index < -0.39 is 10.0 Å². The van der Waals surface area contributed by atoms with Crippen molar-refractivity contribution < 1.29 is 13.2 Å². The van der Waals surface area contributed by atoms with Crippen LogP contribution in [0.5, 0.6) is 0 Å². The first-order valence-electron chi connectivity index (χ1n) is 8.88. The van der Waals surface area contributed by atoms with Crippen molar-refractivity contribution in [2.24, 2.45) is 0 Å². The molecule has 2 aromatic carbocycles. The Morgan fingerprint density at radius 3 is 2.50 bits per heavy atom. The second-order valence-electron chi connectivity index (χ2n) is 6.79. The maximum atomic E-state index is 11.8. The lowest BCUT2D eigenvalue weighted by atomic mass is 9.96. The summed E-state index contributed by atoms with van der Waals surface area (Å²) >= 11 is 0. The molecule has 5 nitrogen and oxygen atoms in total. The number of rotatable bonds is 7. The molecule has 1 aliphatic heterocycles. The molecule has 3 rings (SSSR count). The molecule has 1 unspecified atom stereocenters. The molecular weight excluding hydrogens is 348 g/mol. The Kier molecular flexibility index (Phi) is 5.44. The summed E-state index contributed by atoms with van der Waals surface area (Å²) in [6.07, 6.45) is 1.04. The van der Waals surface area contributed by atoms with E-state index in [1.807, 2.05) is 56.3 Å². The maximum absolute atomic E-state index is 11.8. The molecule has 1 amide bonds. The highest BCUT2D eigenvalue weighted by Gasteiger charge is 2.18. The lowest BCUT2D eigenvalue weighted by Gasteiger charge is -2.14. The molecule has 0 saturated heterocycles. The molecule has 0 fully saturated rings. The molecule has 2 N–H and O–H groups in total. The fraction of sp³-hybridized carbons (Fsp3) is 0.350. The zero-order chi connectivity index (χ0) is 18.7. The van der Waals surface area contributed by atoms with Gasteiger partial charge in [-0.3, -0.25) is 4.79 Å². The predicted octanol–water partition coefficient (Wildman–Crippen LogP) is 3.28. The van der Waals surface area contributed by atoms with Crippen molar-refractivity contribution in [3.8, 4) is 11.1 Å². The molecule has 0 radical (unpaired) electrons. The number of fused-ring (bicyclic) bond motifs is 1. The summed E-state index contributed by atoms with van der Waals surface area (Å²) in [5.74, 6) is 0.290. The Hall–Kier alpha value is -2.18. The summed E-state index contributed by atoms with van der Waals surface area (Å²) in [5, 5.41) is 2.84. The lowest BCUT2D eigenvalue weighted by molar-refractivity contribution is -0.115. The number of carbonyl (C=O) groups is 1. The fourth-order valence-electron chi connectivity index (χ4n) is 3.12. The zero-order valence-electron chi connectivity index (χ0n) is 15.1. The number of carbonyl (C=O) groups excluding carboxylic acids is 1. The largest absolute Gasteiger partial charge is 0.326 e. The van der Waals surface area contributed by atoms with Crippen molar-refractivity contribution in [3.63, 3.8) is 0 Å². The SMILES string of the molecule is CCCS(=O)(=O)NCC(C)c1ccc(-c2ccc3c(c2)CC(=O)N3)cc1. The summed E-state index contributed by atoms with van der Waals surface area (Å²) in [6, 6.07) is 14.1. The first-order chi connectivity index (χ1) is 12.4. The number of hydrogen-bond donors (Lipinski definition) is 2. The Morgan fingerprint density at radius 2 is 1.81 bits per heavy atom. The molecule has 0 bridgehead atoms. The monoisotopic (exact) mass is 372 g/mol. The second kappa shape index (κ2) is 7.60. The zero-order valence-corrected chi connectivity index (χ0v) is 15.9. The third kappa shape index (κ3) is 4.31. The van der Waals surface area contributed by atoms with E-state index in [0.29, 0.717) is 19.4 Å². The first kappa shape index (κ1) is 18.6. The summed E-state index contributed by atoms with van der Waals surface area (Å²) < 4.78 is 26.2. The second-order valence-corrected chi connectivity index (χ2v) is 8.71. The predicted molar refractivity (Wildman–Crippen MR) is 105 cm³/mol.